The standard InChI is InChI=1S/C21H24ClN3O3/c1-13-17(21(27)28)18(14-6-4-7-15(22)12-14)19-16(23-13)8-11-25(20(19)26)10-5-9-24(2)3/h4,6-8,11-12,18,23H,5,9-10H2,1-3H3,(H,27,28). The number of aryl methyl sites for hydroxylation is 1. The number of nitrogens with zero attached hydrogens (tertiary/aromatic N) is 2. The van der Waals surface area contributed by atoms with Gasteiger partial charge in [0.15, 0.2) is 0 Å². The molecule has 1 unspecified atom stereocenters. The van der Waals surface area contributed by atoms with Crippen LogP contribution in [0.25, 0.3) is 0 Å². The molecule has 0 spiro atoms. The zero-order chi connectivity index (χ0) is 20.4. The second kappa shape index (κ2) is 8.20. The average Bonchev–Trinajstić information content (AvgIpc) is 2.62. The first-order valence-electron chi connectivity index (χ1n) is 9.14. The van der Waals surface area contributed by atoms with Gasteiger partial charge in [0.05, 0.1) is 17.1 Å². The van der Waals surface area contributed by atoms with Crippen LogP contribution in [0.15, 0.2) is 52.6 Å². The molecule has 0 amide bonds. The van der Waals surface area contributed by atoms with Crippen molar-refractivity contribution in [3.63, 3.8) is 0 Å². The van der Waals surface area contributed by atoms with E-state index in [0.29, 0.717) is 34.1 Å². The van der Waals surface area contributed by atoms with Gasteiger partial charge in [-0.1, -0.05) is 23.7 Å². The molecule has 7 heteroatoms. The highest BCUT2D eigenvalue weighted by Crippen LogP contribution is 2.40. The van der Waals surface area contributed by atoms with E-state index in [-0.39, 0.29) is 11.1 Å². The number of benzene rings is 1. The molecule has 2 aromatic rings. The molecule has 1 aliphatic heterocycles. The van der Waals surface area contributed by atoms with Gasteiger partial charge in [-0.25, -0.2) is 4.79 Å². The largest absolute Gasteiger partial charge is 0.478 e. The van der Waals surface area contributed by atoms with Crippen molar-refractivity contribution in [2.24, 2.45) is 0 Å². The molecule has 1 atom stereocenters. The normalized spacial score (nSPS) is 16.1. The number of pyridine rings is 1. The molecule has 0 saturated carbocycles. The van der Waals surface area contributed by atoms with Gasteiger partial charge in [-0.05, 0) is 57.7 Å². The maximum atomic E-state index is 13.3. The van der Waals surface area contributed by atoms with E-state index >= 15 is 0 Å². The smallest absolute Gasteiger partial charge is 0.334 e. The number of anilines is 1. The van der Waals surface area contributed by atoms with Gasteiger partial charge in [0, 0.05) is 29.1 Å². The Morgan fingerprint density at radius 2 is 2.07 bits per heavy atom. The molecular formula is C21H24ClN3O3. The lowest BCUT2D eigenvalue weighted by Gasteiger charge is -2.29. The minimum atomic E-state index is -1.05. The van der Waals surface area contributed by atoms with Crippen LogP contribution in [-0.2, 0) is 11.3 Å². The van der Waals surface area contributed by atoms with E-state index in [0.717, 1.165) is 13.0 Å². The van der Waals surface area contributed by atoms with Crippen LogP contribution in [-0.4, -0.2) is 41.2 Å². The fraction of sp³-hybridized carbons (Fsp3) is 0.333. The monoisotopic (exact) mass is 401 g/mol. The van der Waals surface area contributed by atoms with Crippen LogP contribution < -0.4 is 10.9 Å². The molecule has 0 aliphatic carbocycles. The first-order chi connectivity index (χ1) is 13.3. The fourth-order valence-electron chi connectivity index (χ4n) is 3.65. The molecule has 3 rings (SSSR count). The Kier molecular flexibility index (Phi) is 5.91. The van der Waals surface area contributed by atoms with Crippen LogP contribution in [0.5, 0.6) is 0 Å². The number of fused-ring (bicyclic) bond motifs is 1. The number of rotatable bonds is 6. The Labute approximate surface area is 169 Å². The minimum Gasteiger partial charge on any atom is -0.478 e. The molecule has 2 N–H and O–H groups in total. The van der Waals surface area contributed by atoms with Gasteiger partial charge in [0.25, 0.3) is 5.56 Å². The lowest BCUT2D eigenvalue weighted by Crippen LogP contribution is -2.33. The van der Waals surface area contributed by atoms with E-state index in [1.54, 1.807) is 35.9 Å². The Morgan fingerprint density at radius 1 is 1.32 bits per heavy atom. The third-order valence-corrected chi connectivity index (χ3v) is 5.16. The number of halogens is 1. The van der Waals surface area contributed by atoms with Gasteiger partial charge in [-0.2, -0.15) is 0 Å². The highest BCUT2D eigenvalue weighted by Gasteiger charge is 2.34. The van der Waals surface area contributed by atoms with Crippen LogP contribution in [0.2, 0.25) is 5.02 Å². The summed E-state index contributed by atoms with van der Waals surface area (Å²) in [4.78, 5) is 27.4. The summed E-state index contributed by atoms with van der Waals surface area (Å²) in [7, 11) is 3.98. The second-order valence-electron chi connectivity index (χ2n) is 7.26. The number of carbonyl (C=O) groups is 1. The Bertz CT molecular complexity index is 995. The van der Waals surface area contributed by atoms with Crippen molar-refractivity contribution in [3.05, 3.63) is 74.3 Å². The van der Waals surface area contributed by atoms with Crippen molar-refractivity contribution in [1.29, 1.82) is 0 Å². The fourth-order valence-corrected chi connectivity index (χ4v) is 3.85. The van der Waals surface area contributed by atoms with E-state index in [4.69, 9.17) is 11.6 Å². The maximum absolute atomic E-state index is 13.3. The molecule has 1 aromatic heterocycles. The van der Waals surface area contributed by atoms with Crippen LogP contribution in [0.3, 0.4) is 0 Å². The third-order valence-electron chi connectivity index (χ3n) is 4.92. The van der Waals surface area contributed by atoms with Crippen molar-refractivity contribution < 1.29 is 9.90 Å². The molecule has 148 valence electrons. The molecule has 0 saturated heterocycles. The van der Waals surface area contributed by atoms with Crippen molar-refractivity contribution in [1.82, 2.24) is 9.47 Å². The van der Waals surface area contributed by atoms with Gasteiger partial charge in [0.1, 0.15) is 0 Å². The Hall–Kier alpha value is -2.57. The predicted molar refractivity (Wildman–Crippen MR) is 111 cm³/mol. The first-order valence-corrected chi connectivity index (χ1v) is 9.52. The van der Waals surface area contributed by atoms with Gasteiger partial charge >= 0.3 is 5.97 Å². The predicted octanol–water partition coefficient (Wildman–Crippen LogP) is 3.37. The molecule has 1 aromatic carbocycles. The summed E-state index contributed by atoms with van der Waals surface area (Å²) in [5.74, 6) is -1.73. The molecule has 28 heavy (non-hydrogen) atoms. The number of hydrogen-bond donors (Lipinski definition) is 2. The molecule has 6 nitrogen and oxygen atoms in total. The highest BCUT2D eigenvalue weighted by molar-refractivity contribution is 6.30. The number of hydrogen-bond acceptors (Lipinski definition) is 4. The summed E-state index contributed by atoms with van der Waals surface area (Å²) >= 11 is 6.16. The number of aromatic nitrogens is 1. The SMILES string of the molecule is CC1=C(C(=O)O)C(c2cccc(Cl)c2)c2c(ccn(CCCN(C)C)c2=O)N1. The minimum absolute atomic E-state index is 0.165. The van der Waals surface area contributed by atoms with Crippen molar-refractivity contribution in [2.45, 2.75) is 25.8 Å². The summed E-state index contributed by atoms with van der Waals surface area (Å²) in [6, 6.07) is 8.87. The molecular weight excluding hydrogens is 378 g/mol. The van der Waals surface area contributed by atoms with Gasteiger partial charge < -0.3 is 19.9 Å². The van der Waals surface area contributed by atoms with E-state index in [1.165, 1.54) is 0 Å². The number of carboxylic acids is 1. The molecule has 0 bridgehead atoms. The van der Waals surface area contributed by atoms with Crippen molar-refractivity contribution >= 4 is 23.3 Å². The second-order valence-corrected chi connectivity index (χ2v) is 7.69. The summed E-state index contributed by atoms with van der Waals surface area (Å²) in [6.07, 6.45) is 2.58. The number of nitrogens with one attached hydrogen (secondary N) is 1. The quantitative estimate of drug-likeness (QED) is 0.776. The summed E-state index contributed by atoms with van der Waals surface area (Å²) < 4.78 is 1.65. The van der Waals surface area contributed by atoms with Gasteiger partial charge in [-0.15, -0.1) is 0 Å². The van der Waals surface area contributed by atoms with Crippen LogP contribution >= 0.6 is 11.6 Å². The zero-order valence-corrected chi connectivity index (χ0v) is 17.0. The molecule has 2 heterocycles. The van der Waals surface area contributed by atoms with Crippen LogP contribution in [0.1, 0.15) is 30.4 Å². The molecule has 0 radical (unpaired) electrons. The molecule has 0 fully saturated rings. The summed E-state index contributed by atoms with van der Waals surface area (Å²) in [5, 5.41) is 13.4. The van der Waals surface area contributed by atoms with Gasteiger partial charge in [-0.3, -0.25) is 4.79 Å². The lowest BCUT2D eigenvalue weighted by molar-refractivity contribution is -0.133. The van der Waals surface area contributed by atoms with E-state index in [1.807, 2.05) is 26.2 Å². The number of allylic oxidation sites excluding steroid dienone is 1. The maximum Gasteiger partial charge on any atom is 0.334 e. The van der Waals surface area contributed by atoms with E-state index in [9.17, 15) is 14.7 Å². The van der Waals surface area contributed by atoms with E-state index < -0.39 is 11.9 Å². The third kappa shape index (κ3) is 3.98. The van der Waals surface area contributed by atoms with Gasteiger partial charge in [0.2, 0.25) is 0 Å². The van der Waals surface area contributed by atoms with Crippen molar-refractivity contribution in [2.75, 3.05) is 26.0 Å². The average molecular weight is 402 g/mol. The topological polar surface area (TPSA) is 74.6 Å². The van der Waals surface area contributed by atoms with Crippen LogP contribution in [0.4, 0.5) is 5.69 Å². The summed E-state index contributed by atoms with van der Waals surface area (Å²) in [6.45, 7) is 3.14. The molecule has 1 aliphatic rings. The Balaban J connectivity index is 2.14. The number of aliphatic carboxylic acids is 1. The lowest BCUT2D eigenvalue weighted by atomic mass is 9.81. The number of carboxylic acid groups (broad SMARTS) is 1. The first kappa shape index (κ1) is 20.2. The van der Waals surface area contributed by atoms with E-state index in [2.05, 4.69) is 10.2 Å². The Morgan fingerprint density at radius 3 is 2.71 bits per heavy atom. The summed E-state index contributed by atoms with van der Waals surface area (Å²) in [5.41, 5.74) is 2.28. The van der Waals surface area contributed by atoms with Crippen molar-refractivity contribution in [3.8, 4) is 0 Å². The van der Waals surface area contributed by atoms with Crippen LogP contribution in [0, 0.1) is 0 Å². The zero-order valence-electron chi connectivity index (χ0n) is 16.2. The highest BCUT2D eigenvalue weighted by atomic mass is 35.5.